The molecule has 2 aromatic carbocycles. The van der Waals surface area contributed by atoms with Crippen molar-refractivity contribution in [3.63, 3.8) is 0 Å². The second-order valence-corrected chi connectivity index (χ2v) is 6.63. The number of fused-ring (bicyclic) bond motifs is 1. The maximum absolute atomic E-state index is 12.4. The van der Waals surface area contributed by atoms with Crippen LogP contribution in [0.5, 0.6) is 0 Å². The highest BCUT2D eigenvalue weighted by molar-refractivity contribution is 6.03. The summed E-state index contributed by atoms with van der Waals surface area (Å²) in [6, 6.07) is 13.2. The summed E-state index contributed by atoms with van der Waals surface area (Å²) in [7, 11) is 0. The first-order valence-electron chi connectivity index (χ1n) is 8.40. The lowest BCUT2D eigenvalue weighted by molar-refractivity contribution is -0.114. The number of aliphatic hydroxyl groups excluding tert-OH is 1. The molecule has 3 aromatic rings. The van der Waals surface area contributed by atoms with Gasteiger partial charge < -0.3 is 10.1 Å². The number of imidazole rings is 1. The van der Waals surface area contributed by atoms with Gasteiger partial charge in [0.25, 0.3) is 5.91 Å². The third-order valence-corrected chi connectivity index (χ3v) is 4.96. The van der Waals surface area contributed by atoms with Gasteiger partial charge in [0.1, 0.15) is 11.8 Å². The van der Waals surface area contributed by atoms with Gasteiger partial charge in [-0.2, -0.15) is 0 Å². The molecule has 25 heavy (non-hydrogen) atoms. The topological polar surface area (TPSA) is 69.2 Å². The molecule has 123 valence electrons. The number of benzene rings is 2. The molecule has 0 spiro atoms. The molecule has 0 bridgehead atoms. The van der Waals surface area contributed by atoms with Gasteiger partial charge in [-0.3, -0.25) is 9.69 Å². The quantitative estimate of drug-likeness (QED) is 0.768. The van der Waals surface area contributed by atoms with Gasteiger partial charge in [0.15, 0.2) is 0 Å². The van der Waals surface area contributed by atoms with Crippen LogP contribution >= 0.6 is 0 Å². The summed E-state index contributed by atoms with van der Waals surface area (Å²) >= 11 is 0. The molecule has 1 fully saturated rings. The molecule has 1 saturated carbocycles. The Balaban J connectivity index is 1.55. The lowest BCUT2D eigenvalue weighted by atomic mass is 10.0. The molecule has 1 aliphatic heterocycles. The van der Waals surface area contributed by atoms with Crippen LogP contribution in [-0.2, 0) is 4.79 Å². The molecule has 1 amide bonds. The zero-order valence-electron chi connectivity index (χ0n) is 13.4. The van der Waals surface area contributed by atoms with Crippen LogP contribution in [0.3, 0.4) is 0 Å². The Kier molecular flexibility index (Phi) is 2.98. The Morgan fingerprint density at radius 1 is 1.12 bits per heavy atom. The molecule has 1 unspecified atom stereocenters. The zero-order chi connectivity index (χ0) is 17.0. The Bertz CT molecular complexity index is 999. The maximum Gasteiger partial charge on any atom is 0.263 e. The number of carbonyl (C=O) groups is 1. The molecule has 1 atom stereocenters. The van der Waals surface area contributed by atoms with Crippen LogP contribution < -0.4 is 4.90 Å². The molecule has 1 radical (unpaired) electrons. The van der Waals surface area contributed by atoms with Gasteiger partial charge in [0.2, 0.25) is 0 Å². The Morgan fingerprint density at radius 2 is 1.88 bits per heavy atom. The van der Waals surface area contributed by atoms with E-state index in [9.17, 15) is 9.90 Å². The molecular weight excluding hydrogens is 314 g/mol. The minimum Gasteiger partial charge on any atom is -0.509 e. The van der Waals surface area contributed by atoms with Gasteiger partial charge in [-0.25, -0.2) is 4.98 Å². The summed E-state index contributed by atoms with van der Waals surface area (Å²) in [5, 5.41) is 10.3. The minimum absolute atomic E-state index is 0.0497. The second kappa shape index (κ2) is 5.21. The number of aromatic nitrogens is 2. The fraction of sp³-hybridized carbons (Fsp3) is 0.200. The van der Waals surface area contributed by atoms with E-state index in [2.05, 4.69) is 28.2 Å². The fourth-order valence-corrected chi connectivity index (χ4v) is 3.49. The first kappa shape index (κ1) is 14.3. The van der Waals surface area contributed by atoms with Gasteiger partial charge in [-0.15, -0.1) is 0 Å². The van der Waals surface area contributed by atoms with Crippen LogP contribution in [0.25, 0.3) is 11.0 Å². The number of nitrogens with one attached hydrogen (secondary N) is 1. The number of carbonyl (C=O) groups excluding carboxylic acids is 1. The first-order chi connectivity index (χ1) is 12.2. The SMILES string of the molecule is O=C1[C]=C(O)C(c2ccc(C3CC3)cc2)N1c1ccc2[nH]cnc2c1. The largest absolute Gasteiger partial charge is 0.509 e. The van der Waals surface area contributed by atoms with E-state index in [1.807, 2.05) is 30.3 Å². The van der Waals surface area contributed by atoms with E-state index in [1.165, 1.54) is 18.4 Å². The monoisotopic (exact) mass is 330 g/mol. The summed E-state index contributed by atoms with van der Waals surface area (Å²) in [4.78, 5) is 21.3. The number of hydrogen-bond donors (Lipinski definition) is 2. The van der Waals surface area contributed by atoms with Crippen molar-refractivity contribution < 1.29 is 9.90 Å². The molecule has 5 rings (SSSR count). The fourth-order valence-electron chi connectivity index (χ4n) is 3.49. The zero-order valence-corrected chi connectivity index (χ0v) is 13.4. The van der Waals surface area contributed by atoms with Gasteiger partial charge in [0, 0.05) is 5.69 Å². The molecule has 1 aliphatic carbocycles. The lowest BCUT2D eigenvalue weighted by Crippen LogP contribution is -2.29. The third kappa shape index (κ3) is 2.31. The first-order valence-corrected chi connectivity index (χ1v) is 8.40. The Hall–Kier alpha value is -3.08. The van der Waals surface area contributed by atoms with Crippen molar-refractivity contribution >= 4 is 22.6 Å². The van der Waals surface area contributed by atoms with Crippen molar-refractivity contribution in [2.45, 2.75) is 24.8 Å². The molecule has 5 heteroatoms. The number of rotatable bonds is 3. The summed E-state index contributed by atoms with van der Waals surface area (Å²) in [6.45, 7) is 0. The van der Waals surface area contributed by atoms with Gasteiger partial charge in [0.05, 0.1) is 23.4 Å². The van der Waals surface area contributed by atoms with Crippen LogP contribution in [0, 0.1) is 6.08 Å². The van der Waals surface area contributed by atoms with Crippen molar-refractivity contribution in [2.24, 2.45) is 0 Å². The predicted molar refractivity (Wildman–Crippen MR) is 94.1 cm³/mol. The number of H-pyrrole nitrogens is 1. The molecule has 2 aliphatic rings. The van der Waals surface area contributed by atoms with E-state index >= 15 is 0 Å². The maximum atomic E-state index is 12.4. The highest BCUT2D eigenvalue weighted by Gasteiger charge is 2.36. The van der Waals surface area contributed by atoms with Crippen molar-refractivity contribution in [1.29, 1.82) is 0 Å². The van der Waals surface area contributed by atoms with Crippen molar-refractivity contribution in [2.75, 3.05) is 4.90 Å². The van der Waals surface area contributed by atoms with Crippen LogP contribution in [-0.4, -0.2) is 21.0 Å². The molecule has 0 saturated heterocycles. The third-order valence-electron chi connectivity index (χ3n) is 4.96. The number of anilines is 1. The molecular formula is C20H16N3O2. The van der Waals surface area contributed by atoms with E-state index < -0.39 is 6.04 Å². The molecule has 5 nitrogen and oxygen atoms in total. The standard InChI is InChI=1S/C20H16N3O2/c24-18-10-19(25)23(15-7-8-16-17(9-15)22-11-21-16)20(18)14-5-3-13(4-6-14)12-1-2-12/h3-9,11-12,20,24H,1-2H2,(H,21,22). The summed E-state index contributed by atoms with van der Waals surface area (Å²) in [5.41, 5.74) is 4.58. The van der Waals surface area contributed by atoms with Crippen LogP contribution in [0.4, 0.5) is 5.69 Å². The summed E-state index contributed by atoms with van der Waals surface area (Å²) in [5.74, 6) is 0.281. The number of amides is 1. The van der Waals surface area contributed by atoms with Gasteiger partial charge in [-0.05, 0) is 48.1 Å². The van der Waals surface area contributed by atoms with Gasteiger partial charge >= 0.3 is 0 Å². The number of nitrogens with zero attached hydrogens (tertiary/aromatic N) is 2. The Morgan fingerprint density at radius 3 is 2.64 bits per heavy atom. The normalized spacial score (nSPS) is 20.3. The smallest absolute Gasteiger partial charge is 0.263 e. The average Bonchev–Trinajstić information content (AvgIpc) is 3.28. The van der Waals surface area contributed by atoms with Crippen LogP contribution in [0.1, 0.15) is 35.9 Å². The van der Waals surface area contributed by atoms with E-state index in [0.717, 1.165) is 16.6 Å². The summed E-state index contributed by atoms with van der Waals surface area (Å²) < 4.78 is 0. The number of aliphatic hydroxyl groups is 1. The second-order valence-electron chi connectivity index (χ2n) is 6.63. The van der Waals surface area contributed by atoms with E-state index in [4.69, 9.17) is 0 Å². The highest BCUT2D eigenvalue weighted by atomic mass is 16.3. The molecule has 2 heterocycles. The van der Waals surface area contributed by atoms with E-state index in [-0.39, 0.29) is 11.7 Å². The van der Waals surface area contributed by atoms with Crippen molar-refractivity contribution in [1.82, 2.24) is 9.97 Å². The van der Waals surface area contributed by atoms with Crippen LogP contribution in [0.2, 0.25) is 0 Å². The average molecular weight is 330 g/mol. The Labute approximate surface area is 144 Å². The van der Waals surface area contributed by atoms with Crippen molar-refractivity contribution in [3.8, 4) is 0 Å². The lowest BCUT2D eigenvalue weighted by Gasteiger charge is -2.26. The summed E-state index contributed by atoms with van der Waals surface area (Å²) in [6.07, 6.45) is 6.65. The van der Waals surface area contributed by atoms with Crippen LogP contribution in [0.15, 0.2) is 54.6 Å². The predicted octanol–water partition coefficient (Wildman–Crippen LogP) is 3.77. The number of hydrogen-bond acceptors (Lipinski definition) is 3. The van der Waals surface area contributed by atoms with Gasteiger partial charge in [-0.1, -0.05) is 24.3 Å². The number of aromatic amines is 1. The molecule has 1 aromatic heterocycles. The minimum atomic E-state index is -0.544. The highest BCUT2D eigenvalue weighted by Crippen LogP contribution is 2.42. The van der Waals surface area contributed by atoms with E-state index in [0.29, 0.717) is 11.6 Å². The van der Waals surface area contributed by atoms with Crippen molar-refractivity contribution in [3.05, 3.63) is 71.8 Å². The van der Waals surface area contributed by atoms with E-state index in [1.54, 1.807) is 11.2 Å². The molecule has 2 N–H and O–H groups in total.